The number of halogens is 3. The Balaban J connectivity index is 0.00000208. The van der Waals surface area contributed by atoms with Crippen LogP contribution in [0.15, 0.2) is 48.5 Å². The van der Waals surface area contributed by atoms with Gasteiger partial charge < -0.3 is 22.4 Å². The lowest BCUT2D eigenvalue weighted by Gasteiger charge is -2.32. The van der Waals surface area contributed by atoms with Crippen molar-refractivity contribution in [3.8, 4) is 0 Å². The summed E-state index contributed by atoms with van der Waals surface area (Å²) in [7, 11) is 0. The van der Waals surface area contributed by atoms with E-state index < -0.39 is 6.10 Å². The number of quaternary nitrogens is 1. The Hall–Kier alpha value is -0.690. The summed E-state index contributed by atoms with van der Waals surface area (Å²) in [5, 5.41) is 10.5. The summed E-state index contributed by atoms with van der Waals surface area (Å²) in [6, 6.07) is 14.9. The van der Waals surface area contributed by atoms with Crippen LogP contribution in [0.25, 0.3) is 0 Å². The second-order valence-corrected chi connectivity index (χ2v) is 7.64. The first-order valence-electron chi connectivity index (χ1n) is 8.13. The third-order valence-corrected chi connectivity index (χ3v) is 5.41. The largest absolute Gasteiger partial charge is 1.00 e. The third kappa shape index (κ3) is 5.15. The van der Waals surface area contributed by atoms with Crippen LogP contribution in [0, 0.1) is 15.3 Å². The number of benzene rings is 2. The molecule has 3 rings (SSSR count). The first-order chi connectivity index (χ1) is 11.1. The summed E-state index contributed by atoms with van der Waals surface area (Å²) in [5.74, 6) is 0.0258. The zero-order chi connectivity index (χ0) is 16.2. The second kappa shape index (κ2) is 9.13. The molecule has 0 radical (unpaired) electrons. The average molecular weight is 462 g/mol. The van der Waals surface area contributed by atoms with Crippen molar-refractivity contribution in [3.05, 3.63) is 69.0 Å². The Kier molecular flexibility index (Phi) is 7.47. The Morgan fingerprint density at radius 2 is 1.79 bits per heavy atom. The standard InChI is InChI=1S/C19H21FINO.ClH/c20-17-6-4-15(5-7-17)19(23)16-8-10-22(11-9-16)13-14-2-1-3-18(21)12-14;/h1-7,12,16,19,23H,8-11,13H2;1H. The van der Waals surface area contributed by atoms with E-state index in [2.05, 4.69) is 46.9 Å². The van der Waals surface area contributed by atoms with Crippen molar-refractivity contribution in [2.75, 3.05) is 13.1 Å². The third-order valence-electron chi connectivity index (χ3n) is 4.74. The molecule has 1 unspecified atom stereocenters. The number of hydrogen-bond acceptors (Lipinski definition) is 1. The van der Waals surface area contributed by atoms with Crippen LogP contribution in [0.1, 0.15) is 30.1 Å². The predicted octanol–water partition coefficient (Wildman–Crippen LogP) is -0.0372. The summed E-state index contributed by atoms with van der Waals surface area (Å²) in [5.41, 5.74) is 2.21. The van der Waals surface area contributed by atoms with E-state index in [4.69, 9.17) is 0 Å². The number of aliphatic hydroxyl groups excluding tert-OH is 1. The van der Waals surface area contributed by atoms with E-state index in [-0.39, 0.29) is 24.1 Å². The lowest BCUT2D eigenvalue weighted by molar-refractivity contribution is -0.920. The number of aliphatic hydroxyl groups is 1. The molecule has 0 aliphatic carbocycles. The Labute approximate surface area is 162 Å². The minimum absolute atomic E-state index is 0. The van der Waals surface area contributed by atoms with Crippen LogP contribution >= 0.6 is 22.6 Å². The molecule has 0 saturated carbocycles. The van der Waals surface area contributed by atoms with Crippen LogP contribution in [0.5, 0.6) is 0 Å². The molecular weight excluding hydrogens is 440 g/mol. The van der Waals surface area contributed by atoms with Crippen molar-refractivity contribution < 1.29 is 26.8 Å². The summed E-state index contributed by atoms with van der Waals surface area (Å²) in [6.07, 6.45) is 1.55. The minimum atomic E-state index is -0.477. The number of piperidine rings is 1. The number of nitrogens with one attached hydrogen (secondary N) is 1. The van der Waals surface area contributed by atoms with E-state index in [1.807, 2.05) is 0 Å². The smallest absolute Gasteiger partial charge is 0.123 e. The van der Waals surface area contributed by atoms with Crippen molar-refractivity contribution in [2.45, 2.75) is 25.5 Å². The highest BCUT2D eigenvalue weighted by molar-refractivity contribution is 14.1. The molecule has 1 fully saturated rings. The minimum Gasteiger partial charge on any atom is -1.00 e. The van der Waals surface area contributed by atoms with Gasteiger partial charge in [0.05, 0.1) is 19.2 Å². The molecule has 0 aromatic heterocycles. The van der Waals surface area contributed by atoms with Crippen LogP contribution in [0.2, 0.25) is 0 Å². The second-order valence-electron chi connectivity index (χ2n) is 6.39. The molecule has 130 valence electrons. The SMILES string of the molecule is OC(c1ccc(F)cc1)C1CC[NH+](Cc2cccc(I)c2)CC1.[Cl-]. The molecule has 2 aromatic carbocycles. The zero-order valence-corrected chi connectivity index (χ0v) is 16.3. The lowest BCUT2D eigenvalue weighted by atomic mass is 9.87. The van der Waals surface area contributed by atoms with Gasteiger partial charge in [-0.2, -0.15) is 0 Å². The fourth-order valence-corrected chi connectivity index (χ4v) is 4.02. The maximum absolute atomic E-state index is 13.0. The van der Waals surface area contributed by atoms with Crippen LogP contribution in [0.4, 0.5) is 4.39 Å². The van der Waals surface area contributed by atoms with Crippen molar-refractivity contribution in [1.82, 2.24) is 0 Å². The van der Waals surface area contributed by atoms with Crippen LogP contribution < -0.4 is 17.3 Å². The monoisotopic (exact) mass is 461 g/mol. The van der Waals surface area contributed by atoms with E-state index >= 15 is 0 Å². The Morgan fingerprint density at radius 1 is 1.12 bits per heavy atom. The molecule has 1 heterocycles. The van der Waals surface area contributed by atoms with Crippen molar-refractivity contribution in [2.24, 2.45) is 5.92 Å². The quantitative estimate of drug-likeness (QED) is 0.614. The molecule has 1 aliphatic heterocycles. The molecule has 1 saturated heterocycles. The normalized spacial score (nSPS) is 21.8. The zero-order valence-electron chi connectivity index (χ0n) is 13.4. The highest BCUT2D eigenvalue weighted by Gasteiger charge is 2.28. The molecule has 0 amide bonds. The van der Waals surface area contributed by atoms with Crippen LogP contribution in [-0.2, 0) is 6.54 Å². The molecule has 2 aromatic rings. The average Bonchev–Trinajstić information content (AvgIpc) is 2.56. The van der Waals surface area contributed by atoms with Gasteiger partial charge in [0.15, 0.2) is 0 Å². The van der Waals surface area contributed by atoms with Crippen molar-refractivity contribution in [3.63, 3.8) is 0 Å². The first kappa shape index (κ1) is 19.6. The molecule has 2 N–H and O–H groups in total. The van der Waals surface area contributed by atoms with E-state index in [0.717, 1.165) is 38.0 Å². The Morgan fingerprint density at radius 3 is 2.42 bits per heavy atom. The molecule has 5 heteroatoms. The molecule has 2 nitrogen and oxygen atoms in total. The van der Waals surface area contributed by atoms with Gasteiger partial charge >= 0.3 is 0 Å². The van der Waals surface area contributed by atoms with Gasteiger partial charge in [-0.25, -0.2) is 4.39 Å². The molecule has 0 spiro atoms. The summed E-state index contributed by atoms with van der Waals surface area (Å²) < 4.78 is 14.3. The van der Waals surface area contributed by atoms with Crippen LogP contribution in [0.3, 0.4) is 0 Å². The number of hydrogen-bond donors (Lipinski definition) is 2. The highest BCUT2D eigenvalue weighted by Crippen LogP contribution is 2.28. The fourth-order valence-electron chi connectivity index (χ4n) is 3.41. The molecule has 1 aliphatic rings. The van der Waals surface area contributed by atoms with E-state index in [9.17, 15) is 9.50 Å². The fraction of sp³-hybridized carbons (Fsp3) is 0.368. The van der Waals surface area contributed by atoms with Gasteiger partial charge in [0.2, 0.25) is 0 Å². The lowest BCUT2D eigenvalue weighted by Crippen LogP contribution is -3.11. The number of rotatable bonds is 4. The van der Waals surface area contributed by atoms with Crippen molar-refractivity contribution >= 4 is 22.6 Å². The van der Waals surface area contributed by atoms with Gasteiger partial charge in [0.1, 0.15) is 12.4 Å². The van der Waals surface area contributed by atoms with E-state index in [1.165, 1.54) is 21.3 Å². The van der Waals surface area contributed by atoms with E-state index in [1.54, 1.807) is 17.0 Å². The van der Waals surface area contributed by atoms with Gasteiger partial charge in [-0.1, -0.05) is 24.3 Å². The van der Waals surface area contributed by atoms with Gasteiger partial charge in [-0.05, 0) is 58.3 Å². The van der Waals surface area contributed by atoms with Crippen molar-refractivity contribution in [1.29, 1.82) is 0 Å². The van der Waals surface area contributed by atoms with Gasteiger partial charge in [0, 0.05) is 22.0 Å². The van der Waals surface area contributed by atoms with Gasteiger partial charge in [0.25, 0.3) is 0 Å². The number of likely N-dealkylation sites (tertiary alicyclic amines) is 1. The summed E-state index contributed by atoms with van der Waals surface area (Å²) in [4.78, 5) is 1.58. The summed E-state index contributed by atoms with van der Waals surface area (Å²) >= 11 is 2.35. The Bertz CT molecular complexity index is 644. The maximum atomic E-state index is 13.0. The molecule has 0 bridgehead atoms. The maximum Gasteiger partial charge on any atom is 0.123 e. The van der Waals surface area contributed by atoms with E-state index in [0.29, 0.717) is 0 Å². The van der Waals surface area contributed by atoms with Gasteiger partial charge in [-0.3, -0.25) is 0 Å². The van der Waals surface area contributed by atoms with Crippen LogP contribution in [-0.4, -0.2) is 18.2 Å². The molecule has 24 heavy (non-hydrogen) atoms. The highest BCUT2D eigenvalue weighted by atomic mass is 127. The first-order valence-corrected chi connectivity index (χ1v) is 9.21. The molecule has 1 atom stereocenters. The molecular formula is C19H22ClFINO. The topological polar surface area (TPSA) is 24.7 Å². The predicted molar refractivity (Wildman–Crippen MR) is 97.6 cm³/mol. The van der Waals surface area contributed by atoms with Gasteiger partial charge in [-0.15, -0.1) is 0 Å². The summed E-state index contributed by atoms with van der Waals surface area (Å²) in [6.45, 7) is 3.21.